The Morgan fingerprint density at radius 3 is 2.70 bits per heavy atom. The minimum atomic E-state index is -1.40. The van der Waals surface area contributed by atoms with Crippen molar-refractivity contribution in [2.75, 3.05) is 7.11 Å². The molecule has 0 amide bonds. The summed E-state index contributed by atoms with van der Waals surface area (Å²) in [5, 5.41) is 15.8. The van der Waals surface area contributed by atoms with E-state index >= 15 is 0 Å². The predicted octanol–water partition coefficient (Wildman–Crippen LogP) is 3.76. The number of hydrogen-bond acceptors (Lipinski definition) is 5. The van der Waals surface area contributed by atoms with Gasteiger partial charge in [-0.15, -0.1) is 0 Å². The van der Waals surface area contributed by atoms with Gasteiger partial charge in [0.1, 0.15) is 0 Å². The summed E-state index contributed by atoms with van der Waals surface area (Å²) >= 11 is 6.10. The number of aliphatic hydroxyl groups is 1. The molecule has 6 nitrogen and oxygen atoms in total. The fraction of sp³-hybridized carbons (Fsp3) is 0.350. The highest BCUT2D eigenvalue weighted by atomic mass is 35.5. The molecule has 1 N–H and O–H groups in total. The third-order valence-corrected chi connectivity index (χ3v) is 4.58. The lowest BCUT2D eigenvalue weighted by molar-refractivity contribution is -0.150. The second kappa shape index (κ2) is 7.66. The zero-order chi connectivity index (χ0) is 19.7. The zero-order valence-electron chi connectivity index (χ0n) is 15.7. The van der Waals surface area contributed by atoms with Crippen molar-refractivity contribution in [3.63, 3.8) is 0 Å². The van der Waals surface area contributed by atoms with Gasteiger partial charge in [-0.2, -0.15) is 5.10 Å². The highest BCUT2D eigenvalue weighted by molar-refractivity contribution is 6.30. The number of methoxy groups -OCH3 is 1. The molecule has 0 fully saturated rings. The van der Waals surface area contributed by atoms with E-state index in [1.54, 1.807) is 17.5 Å². The van der Waals surface area contributed by atoms with E-state index in [0.717, 1.165) is 17.0 Å². The van der Waals surface area contributed by atoms with Crippen molar-refractivity contribution in [1.82, 2.24) is 14.6 Å². The van der Waals surface area contributed by atoms with E-state index in [0.29, 0.717) is 28.3 Å². The largest absolute Gasteiger partial charge is 0.467 e. The molecule has 27 heavy (non-hydrogen) atoms. The number of esters is 1. The third kappa shape index (κ3) is 3.82. The van der Waals surface area contributed by atoms with Crippen LogP contribution in [-0.2, 0) is 16.0 Å². The van der Waals surface area contributed by atoms with Gasteiger partial charge in [-0.1, -0.05) is 37.6 Å². The number of aryl methyl sites for hydroxylation is 1. The highest BCUT2D eigenvalue weighted by Gasteiger charge is 2.27. The summed E-state index contributed by atoms with van der Waals surface area (Å²) in [5.74, 6) is -0.427. The number of ether oxygens (including phenoxy) is 1. The molecular formula is C20H22ClN3O3. The maximum atomic E-state index is 12.0. The number of aliphatic hydroxyl groups excluding tert-OH is 1. The van der Waals surface area contributed by atoms with Crippen molar-refractivity contribution in [2.24, 2.45) is 5.92 Å². The number of fused-ring (bicyclic) bond motifs is 1. The van der Waals surface area contributed by atoms with Crippen molar-refractivity contribution in [3.8, 4) is 11.3 Å². The number of halogens is 1. The fourth-order valence-electron chi connectivity index (χ4n) is 3.16. The summed E-state index contributed by atoms with van der Waals surface area (Å²) in [6.45, 7) is 5.91. The van der Waals surface area contributed by atoms with Crippen LogP contribution in [0.25, 0.3) is 16.9 Å². The fourth-order valence-corrected chi connectivity index (χ4v) is 3.35. The Hall–Kier alpha value is -2.44. The van der Waals surface area contributed by atoms with Gasteiger partial charge < -0.3 is 9.84 Å². The summed E-state index contributed by atoms with van der Waals surface area (Å²) in [5.41, 5.74) is 4.02. The molecule has 0 saturated heterocycles. The third-order valence-electron chi connectivity index (χ3n) is 4.35. The zero-order valence-corrected chi connectivity index (χ0v) is 16.5. The van der Waals surface area contributed by atoms with Gasteiger partial charge in [0.2, 0.25) is 0 Å². The van der Waals surface area contributed by atoms with E-state index < -0.39 is 12.1 Å². The molecule has 0 radical (unpaired) electrons. The number of rotatable bonds is 5. The van der Waals surface area contributed by atoms with Gasteiger partial charge in [0.25, 0.3) is 0 Å². The van der Waals surface area contributed by atoms with Crippen LogP contribution in [0.2, 0.25) is 5.02 Å². The molecule has 7 heteroatoms. The minimum absolute atomic E-state index is 0.289. The first kappa shape index (κ1) is 19.3. The molecule has 3 aromatic rings. The molecule has 2 aromatic heterocycles. The second-order valence-corrected chi connectivity index (χ2v) is 7.33. The molecular weight excluding hydrogens is 366 g/mol. The van der Waals surface area contributed by atoms with Crippen LogP contribution in [0.5, 0.6) is 0 Å². The number of aromatic nitrogens is 3. The molecule has 0 aliphatic rings. The van der Waals surface area contributed by atoms with Crippen molar-refractivity contribution >= 4 is 23.2 Å². The Bertz CT molecular complexity index is 998. The second-order valence-electron chi connectivity index (χ2n) is 6.89. The molecule has 142 valence electrons. The van der Waals surface area contributed by atoms with Crippen LogP contribution < -0.4 is 0 Å². The van der Waals surface area contributed by atoms with Crippen LogP contribution in [0.3, 0.4) is 0 Å². The minimum Gasteiger partial charge on any atom is -0.467 e. The molecule has 3 rings (SSSR count). The maximum Gasteiger partial charge on any atom is 0.339 e. The van der Waals surface area contributed by atoms with Gasteiger partial charge >= 0.3 is 5.97 Å². The van der Waals surface area contributed by atoms with E-state index in [1.807, 2.05) is 24.3 Å². The normalized spacial score (nSPS) is 12.6. The van der Waals surface area contributed by atoms with Crippen LogP contribution in [0.15, 0.2) is 30.3 Å². The van der Waals surface area contributed by atoms with Gasteiger partial charge in [0.05, 0.1) is 18.5 Å². The summed E-state index contributed by atoms with van der Waals surface area (Å²) in [7, 11) is 1.25. The van der Waals surface area contributed by atoms with Gasteiger partial charge in [-0.05, 0) is 31.4 Å². The van der Waals surface area contributed by atoms with Gasteiger partial charge in [-0.3, -0.25) is 0 Å². The summed E-state index contributed by atoms with van der Waals surface area (Å²) in [4.78, 5) is 16.5. The lowest BCUT2D eigenvalue weighted by Gasteiger charge is -2.18. The van der Waals surface area contributed by atoms with Gasteiger partial charge in [-0.25, -0.2) is 14.3 Å². The lowest BCUT2D eigenvalue weighted by atomic mass is 9.98. The Kier molecular flexibility index (Phi) is 5.48. The monoisotopic (exact) mass is 387 g/mol. The van der Waals surface area contributed by atoms with Crippen molar-refractivity contribution in [3.05, 3.63) is 52.3 Å². The molecule has 0 bridgehead atoms. The SMILES string of the molecule is COC(=O)[C@@H](O)c1c(C)nc2cc(-c3cccc(Cl)c3)nn2c1CC(C)C. The summed E-state index contributed by atoms with van der Waals surface area (Å²) < 4.78 is 6.42. The van der Waals surface area contributed by atoms with Crippen LogP contribution in [-0.4, -0.2) is 32.8 Å². The lowest BCUT2D eigenvalue weighted by Crippen LogP contribution is -2.20. The van der Waals surface area contributed by atoms with Crippen molar-refractivity contribution in [1.29, 1.82) is 0 Å². The van der Waals surface area contributed by atoms with E-state index in [-0.39, 0.29) is 5.92 Å². The number of benzene rings is 1. The molecule has 1 aromatic carbocycles. The van der Waals surface area contributed by atoms with Gasteiger partial charge in [0.15, 0.2) is 11.8 Å². The summed E-state index contributed by atoms with van der Waals surface area (Å²) in [6.07, 6.45) is -0.778. The molecule has 0 aliphatic heterocycles. The quantitative estimate of drug-likeness (QED) is 0.674. The first-order chi connectivity index (χ1) is 12.8. The van der Waals surface area contributed by atoms with Crippen LogP contribution in [0.4, 0.5) is 0 Å². The summed E-state index contributed by atoms with van der Waals surface area (Å²) in [6, 6.07) is 9.30. The Labute approximate surface area is 162 Å². The van der Waals surface area contributed by atoms with E-state index in [4.69, 9.17) is 16.3 Å². The molecule has 0 unspecified atom stereocenters. The Morgan fingerprint density at radius 2 is 2.07 bits per heavy atom. The molecule has 1 atom stereocenters. The maximum absolute atomic E-state index is 12.0. The Morgan fingerprint density at radius 1 is 1.33 bits per heavy atom. The molecule has 2 heterocycles. The number of nitrogens with zero attached hydrogens (tertiary/aromatic N) is 3. The number of carbonyl (C=O) groups is 1. The van der Waals surface area contributed by atoms with Crippen molar-refractivity contribution < 1.29 is 14.6 Å². The van der Waals surface area contributed by atoms with Crippen LogP contribution in [0.1, 0.15) is 36.9 Å². The Balaban J connectivity index is 2.24. The number of carbonyl (C=O) groups excluding carboxylic acids is 1. The highest BCUT2D eigenvalue weighted by Crippen LogP contribution is 2.28. The predicted molar refractivity (Wildman–Crippen MR) is 104 cm³/mol. The topological polar surface area (TPSA) is 76.7 Å². The average molecular weight is 388 g/mol. The van der Waals surface area contributed by atoms with Gasteiger partial charge in [0, 0.05) is 27.9 Å². The smallest absolute Gasteiger partial charge is 0.339 e. The van der Waals surface area contributed by atoms with E-state index in [2.05, 4.69) is 23.9 Å². The molecule has 0 spiro atoms. The first-order valence-electron chi connectivity index (χ1n) is 8.72. The van der Waals surface area contributed by atoms with Crippen molar-refractivity contribution in [2.45, 2.75) is 33.3 Å². The first-order valence-corrected chi connectivity index (χ1v) is 9.10. The van der Waals surface area contributed by atoms with E-state index in [9.17, 15) is 9.90 Å². The number of hydrogen-bond donors (Lipinski definition) is 1. The van der Waals surface area contributed by atoms with Crippen LogP contribution >= 0.6 is 11.6 Å². The standard InChI is InChI=1S/C20H22ClN3O3/c1-11(2)8-16-18(19(25)20(26)27-4)12(3)22-17-10-15(23-24(16)17)13-6-5-7-14(21)9-13/h5-7,9-11,19,25H,8H2,1-4H3/t19-/m0/s1. The van der Waals surface area contributed by atoms with Crippen LogP contribution in [0, 0.1) is 12.8 Å². The average Bonchev–Trinajstić information content (AvgIpc) is 3.04. The molecule has 0 saturated carbocycles. The van der Waals surface area contributed by atoms with E-state index in [1.165, 1.54) is 7.11 Å². The molecule has 0 aliphatic carbocycles.